The van der Waals surface area contributed by atoms with Crippen LogP contribution >= 0.6 is 0 Å². The molecule has 5 aromatic rings. The maximum absolute atomic E-state index is 9.60. The van der Waals surface area contributed by atoms with Crippen molar-refractivity contribution in [2.45, 2.75) is 6.42 Å². The Balaban J connectivity index is 1.48. The predicted octanol–water partition coefficient (Wildman–Crippen LogP) is 5.66. The molecule has 3 heteroatoms. The van der Waals surface area contributed by atoms with Gasteiger partial charge in [-0.1, -0.05) is 60.7 Å². The zero-order valence-electron chi connectivity index (χ0n) is 15.3. The molecule has 0 aliphatic carbocycles. The molecular formula is C25H19NO2. The first-order chi connectivity index (χ1) is 13.7. The van der Waals surface area contributed by atoms with Crippen LogP contribution < -0.4 is 0 Å². The summed E-state index contributed by atoms with van der Waals surface area (Å²) in [7, 11) is 0. The van der Waals surface area contributed by atoms with E-state index in [1.807, 2.05) is 6.21 Å². The molecule has 0 atom stereocenters. The lowest BCUT2D eigenvalue weighted by molar-refractivity contribution is 0.403. The number of phenols is 2. The summed E-state index contributed by atoms with van der Waals surface area (Å²) in [4.78, 5) is 4.60. The highest BCUT2D eigenvalue weighted by Crippen LogP contribution is 2.35. The second-order valence-electron chi connectivity index (χ2n) is 7.12. The minimum atomic E-state index is -0.0964. The van der Waals surface area contributed by atoms with Crippen LogP contribution in [0.3, 0.4) is 0 Å². The van der Waals surface area contributed by atoms with Gasteiger partial charge >= 0.3 is 0 Å². The molecule has 0 aliphatic heterocycles. The molecule has 0 saturated carbocycles. The number of aromatic hydroxyl groups is 2. The molecule has 0 spiro atoms. The number of nitrogens with zero attached hydrogens (tertiary/aromatic N) is 1. The van der Waals surface area contributed by atoms with E-state index in [-0.39, 0.29) is 11.5 Å². The summed E-state index contributed by atoms with van der Waals surface area (Å²) in [5.41, 5.74) is 2.06. The molecule has 0 aliphatic rings. The van der Waals surface area contributed by atoms with Crippen LogP contribution in [-0.2, 0) is 6.42 Å². The molecule has 0 fully saturated rings. The van der Waals surface area contributed by atoms with E-state index < -0.39 is 0 Å². The summed E-state index contributed by atoms with van der Waals surface area (Å²) in [6.45, 7) is 0.617. The Morgan fingerprint density at radius 2 is 1.43 bits per heavy atom. The van der Waals surface area contributed by atoms with Crippen molar-refractivity contribution in [3.05, 3.63) is 83.9 Å². The lowest BCUT2D eigenvalue weighted by Crippen LogP contribution is -1.92. The number of hydrogen-bond acceptors (Lipinski definition) is 3. The largest absolute Gasteiger partial charge is 0.504 e. The maximum atomic E-state index is 9.60. The first kappa shape index (κ1) is 16.6. The standard InChI is InChI=1S/C25H19NO2/c27-22-11-4-16(14-23(22)28)12-13-26-15-20-8-7-19-6-5-17-2-1-3-18-9-10-21(20)25(19)24(17)18/h1-11,14-15,27-28H,12-13H2. The molecule has 0 amide bonds. The van der Waals surface area contributed by atoms with Crippen molar-refractivity contribution in [3.63, 3.8) is 0 Å². The van der Waals surface area contributed by atoms with Gasteiger partial charge in [0.05, 0.1) is 0 Å². The fraction of sp³-hybridized carbons (Fsp3) is 0.0800. The highest BCUT2D eigenvalue weighted by molar-refractivity contribution is 6.25. The summed E-state index contributed by atoms with van der Waals surface area (Å²) >= 11 is 0. The van der Waals surface area contributed by atoms with Gasteiger partial charge in [0.25, 0.3) is 0 Å². The van der Waals surface area contributed by atoms with Gasteiger partial charge in [-0.15, -0.1) is 0 Å². The average molecular weight is 365 g/mol. The number of rotatable bonds is 4. The summed E-state index contributed by atoms with van der Waals surface area (Å²) in [5, 5.41) is 26.6. The monoisotopic (exact) mass is 365 g/mol. The fourth-order valence-electron chi connectivity index (χ4n) is 3.95. The first-order valence-electron chi connectivity index (χ1n) is 9.38. The van der Waals surface area contributed by atoms with Crippen molar-refractivity contribution in [3.8, 4) is 11.5 Å². The van der Waals surface area contributed by atoms with Crippen LogP contribution in [0.2, 0.25) is 0 Å². The summed E-state index contributed by atoms with van der Waals surface area (Å²) in [6, 6.07) is 24.3. The number of aliphatic imine (C=N–C) groups is 1. The van der Waals surface area contributed by atoms with Crippen molar-refractivity contribution in [1.29, 1.82) is 0 Å². The van der Waals surface area contributed by atoms with E-state index in [4.69, 9.17) is 0 Å². The zero-order valence-corrected chi connectivity index (χ0v) is 15.3. The lowest BCUT2D eigenvalue weighted by Gasteiger charge is -2.12. The third-order valence-electron chi connectivity index (χ3n) is 5.36. The Morgan fingerprint density at radius 1 is 0.714 bits per heavy atom. The van der Waals surface area contributed by atoms with Gasteiger partial charge in [0.1, 0.15) is 0 Å². The molecule has 28 heavy (non-hydrogen) atoms. The van der Waals surface area contributed by atoms with E-state index in [0.29, 0.717) is 13.0 Å². The molecule has 5 rings (SSSR count). The van der Waals surface area contributed by atoms with E-state index in [1.165, 1.54) is 38.4 Å². The Kier molecular flexibility index (Phi) is 3.87. The van der Waals surface area contributed by atoms with Gasteiger partial charge in [-0.25, -0.2) is 0 Å². The highest BCUT2D eigenvalue weighted by atomic mass is 16.3. The van der Waals surface area contributed by atoms with Gasteiger partial charge in [0.2, 0.25) is 0 Å². The second kappa shape index (κ2) is 6.54. The van der Waals surface area contributed by atoms with Crippen LogP contribution in [-0.4, -0.2) is 23.0 Å². The van der Waals surface area contributed by atoms with E-state index in [2.05, 4.69) is 59.6 Å². The van der Waals surface area contributed by atoms with Gasteiger partial charge in [-0.2, -0.15) is 0 Å². The van der Waals surface area contributed by atoms with Gasteiger partial charge in [0, 0.05) is 18.3 Å². The molecule has 0 bridgehead atoms. The average Bonchev–Trinajstić information content (AvgIpc) is 2.72. The SMILES string of the molecule is Oc1ccc(CCN=Cc2ccc3ccc4cccc5ccc2c3c45)cc1O. The molecular weight excluding hydrogens is 346 g/mol. The van der Waals surface area contributed by atoms with Crippen LogP contribution in [0.5, 0.6) is 11.5 Å². The molecule has 0 heterocycles. The third kappa shape index (κ3) is 2.72. The van der Waals surface area contributed by atoms with Crippen LogP contribution in [0, 0.1) is 0 Å². The minimum Gasteiger partial charge on any atom is -0.504 e. The van der Waals surface area contributed by atoms with Crippen LogP contribution in [0.15, 0.2) is 77.8 Å². The Morgan fingerprint density at radius 3 is 2.21 bits per heavy atom. The highest BCUT2D eigenvalue weighted by Gasteiger charge is 2.09. The summed E-state index contributed by atoms with van der Waals surface area (Å²) < 4.78 is 0. The predicted molar refractivity (Wildman–Crippen MR) is 116 cm³/mol. The Labute approximate surface area is 162 Å². The Hall–Kier alpha value is -3.59. The lowest BCUT2D eigenvalue weighted by atomic mass is 9.92. The van der Waals surface area contributed by atoms with Gasteiger partial charge in [-0.05, 0) is 56.4 Å². The molecule has 0 unspecified atom stereocenters. The third-order valence-corrected chi connectivity index (χ3v) is 5.36. The van der Waals surface area contributed by atoms with Crippen molar-refractivity contribution >= 4 is 38.5 Å². The number of hydrogen-bond donors (Lipinski definition) is 2. The molecule has 0 aromatic heterocycles. The normalized spacial score (nSPS) is 12.0. The van der Waals surface area contributed by atoms with Crippen molar-refractivity contribution in [2.75, 3.05) is 6.54 Å². The van der Waals surface area contributed by atoms with E-state index >= 15 is 0 Å². The topological polar surface area (TPSA) is 52.8 Å². The van der Waals surface area contributed by atoms with Crippen LogP contribution in [0.25, 0.3) is 32.3 Å². The molecule has 5 aromatic carbocycles. The maximum Gasteiger partial charge on any atom is 0.157 e. The fourth-order valence-corrected chi connectivity index (χ4v) is 3.95. The Bertz CT molecular complexity index is 1320. The van der Waals surface area contributed by atoms with Crippen molar-refractivity contribution in [1.82, 2.24) is 0 Å². The molecule has 2 N–H and O–H groups in total. The van der Waals surface area contributed by atoms with E-state index in [1.54, 1.807) is 12.1 Å². The quantitative estimate of drug-likeness (QED) is 0.245. The zero-order chi connectivity index (χ0) is 19.1. The van der Waals surface area contributed by atoms with Crippen LogP contribution in [0.4, 0.5) is 0 Å². The molecule has 136 valence electrons. The van der Waals surface area contributed by atoms with Crippen molar-refractivity contribution in [2.24, 2.45) is 4.99 Å². The first-order valence-corrected chi connectivity index (χ1v) is 9.38. The van der Waals surface area contributed by atoms with Gasteiger partial charge in [-0.3, -0.25) is 4.99 Å². The molecule has 0 saturated heterocycles. The van der Waals surface area contributed by atoms with Gasteiger partial charge in [0.15, 0.2) is 11.5 Å². The number of phenolic OH excluding ortho intramolecular Hbond substituents is 2. The minimum absolute atomic E-state index is 0.0896. The van der Waals surface area contributed by atoms with Gasteiger partial charge < -0.3 is 10.2 Å². The van der Waals surface area contributed by atoms with Crippen molar-refractivity contribution < 1.29 is 10.2 Å². The summed E-state index contributed by atoms with van der Waals surface area (Å²) in [5.74, 6) is -0.186. The second-order valence-corrected chi connectivity index (χ2v) is 7.12. The van der Waals surface area contributed by atoms with E-state index in [9.17, 15) is 10.2 Å². The number of benzene rings is 5. The molecule has 3 nitrogen and oxygen atoms in total. The summed E-state index contributed by atoms with van der Waals surface area (Å²) in [6.07, 6.45) is 2.64. The smallest absolute Gasteiger partial charge is 0.157 e. The van der Waals surface area contributed by atoms with E-state index in [0.717, 1.165) is 11.1 Å². The molecule has 0 radical (unpaired) electrons. The van der Waals surface area contributed by atoms with Crippen LogP contribution in [0.1, 0.15) is 11.1 Å².